The summed E-state index contributed by atoms with van der Waals surface area (Å²) < 4.78 is 1.90. The Morgan fingerprint density at radius 3 is 2.71 bits per heavy atom. The highest BCUT2D eigenvalue weighted by molar-refractivity contribution is 5.81. The van der Waals surface area contributed by atoms with E-state index in [2.05, 4.69) is 15.6 Å². The molecule has 6 heteroatoms. The minimum Gasteiger partial charge on any atom is -0.352 e. The van der Waals surface area contributed by atoms with Crippen LogP contribution in [-0.4, -0.2) is 27.4 Å². The Morgan fingerprint density at radius 2 is 1.96 bits per heavy atom. The quantitative estimate of drug-likeness (QED) is 0.853. The van der Waals surface area contributed by atoms with Gasteiger partial charge in [0.05, 0.1) is 17.6 Å². The molecule has 1 aliphatic rings. The third-order valence-electron chi connectivity index (χ3n) is 4.52. The second kappa shape index (κ2) is 7.47. The van der Waals surface area contributed by atoms with Crippen molar-refractivity contribution in [3.8, 4) is 0 Å². The number of hydrogen-bond acceptors (Lipinski definition) is 3. The Labute approximate surface area is 141 Å². The molecule has 24 heavy (non-hydrogen) atoms. The summed E-state index contributed by atoms with van der Waals surface area (Å²) >= 11 is 0. The summed E-state index contributed by atoms with van der Waals surface area (Å²) in [5.74, 6) is 0.691. The van der Waals surface area contributed by atoms with Crippen molar-refractivity contribution >= 4 is 22.8 Å². The molecular formula is C18H24N4O2. The van der Waals surface area contributed by atoms with Gasteiger partial charge in [-0.25, -0.2) is 4.98 Å². The molecule has 2 aromatic rings. The Morgan fingerprint density at radius 1 is 1.21 bits per heavy atom. The van der Waals surface area contributed by atoms with Gasteiger partial charge in [-0.3, -0.25) is 9.59 Å². The number of aromatic nitrogens is 2. The first-order valence-corrected chi connectivity index (χ1v) is 8.67. The average Bonchev–Trinajstić information content (AvgIpc) is 3.21. The van der Waals surface area contributed by atoms with Crippen LogP contribution in [0.4, 0.5) is 0 Å². The summed E-state index contributed by atoms with van der Waals surface area (Å²) in [6, 6.07) is 8.04. The van der Waals surface area contributed by atoms with Crippen LogP contribution in [0.1, 0.15) is 44.9 Å². The number of amides is 2. The number of nitrogens with zero attached hydrogens (tertiary/aromatic N) is 2. The standard InChI is InChI=1S/C18H24N4O2/c1-2-17(23)19-11-16-21-14-9-5-6-10-15(14)22(16)12-18(24)20-13-7-3-4-8-13/h5-6,9-10,13H,2-4,7-8,11-12H2,1H3,(H,19,23)(H,20,24). The third-order valence-corrected chi connectivity index (χ3v) is 4.52. The molecule has 1 aliphatic carbocycles. The molecule has 0 atom stereocenters. The van der Waals surface area contributed by atoms with E-state index in [9.17, 15) is 9.59 Å². The first kappa shape index (κ1) is 16.5. The molecule has 128 valence electrons. The Hall–Kier alpha value is -2.37. The minimum atomic E-state index is -0.0241. The summed E-state index contributed by atoms with van der Waals surface area (Å²) in [7, 11) is 0. The second-order valence-corrected chi connectivity index (χ2v) is 6.28. The van der Waals surface area contributed by atoms with Crippen molar-refractivity contribution in [3.63, 3.8) is 0 Å². The fraction of sp³-hybridized carbons (Fsp3) is 0.500. The van der Waals surface area contributed by atoms with Crippen LogP contribution in [0.5, 0.6) is 0 Å². The van der Waals surface area contributed by atoms with E-state index in [1.54, 1.807) is 0 Å². The lowest BCUT2D eigenvalue weighted by molar-refractivity contribution is -0.122. The molecule has 3 rings (SSSR count). The van der Waals surface area contributed by atoms with E-state index < -0.39 is 0 Å². The van der Waals surface area contributed by atoms with Gasteiger partial charge in [0.1, 0.15) is 12.4 Å². The van der Waals surface area contributed by atoms with Crippen LogP contribution in [0.3, 0.4) is 0 Å². The molecule has 0 bridgehead atoms. The number of benzene rings is 1. The topological polar surface area (TPSA) is 76.0 Å². The summed E-state index contributed by atoms with van der Waals surface area (Å²) in [6.45, 7) is 2.37. The number of carbonyl (C=O) groups excluding carboxylic acids is 2. The monoisotopic (exact) mass is 328 g/mol. The number of hydrogen-bond donors (Lipinski definition) is 2. The van der Waals surface area contributed by atoms with Crippen LogP contribution in [0.15, 0.2) is 24.3 Å². The molecule has 0 unspecified atom stereocenters. The smallest absolute Gasteiger partial charge is 0.240 e. The van der Waals surface area contributed by atoms with Crippen molar-refractivity contribution in [2.24, 2.45) is 0 Å². The van der Waals surface area contributed by atoms with Gasteiger partial charge in [-0.1, -0.05) is 31.9 Å². The van der Waals surface area contributed by atoms with Gasteiger partial charge in [0.15, 0.2) is 0 Å². The van der Waals surface area contributed by atoms with Gasteiger partial charge >= 0.3 is 0 Å². The fourth-order valence-corrected chi connectivity index (χ4v) is 3.23. The van der Waals surface area contributed by atoms with Gasteiger partial charge in [-0.2, -0.15) is 0 Å². The second-order valence-electron chi connectivity index (χ2n) is 6.28. The fourth-order valence-electron chi connectivity index (χ4n) is 3.23. The van der Waals surface area contributed by atoms with Crippen LogP contribution < -0.4 is 10.6 Å². The zero-order valence-corrected chi connectivity index (χ0v) is 14.0. The summed E-state index contributed by atoms with van der Waals surface area (Å²) in [6.07, 6.45) is 4.94. The number of rotatable bonds is 6. The molecule has 0 spiro atoms. The Bertz CT molecular complexity index is 732. The van der Waals surface area contributed by atoms with E-state index >= 15 is 0 Å². The van der Waals surface area contributed by atoms with Gasteiger partial charge in [0, 0.05) is 12.5 Å². The molecule has 6 nitrogen and oxygen atoms in total. The largest absolute Gasteiger partial charge is 0.352 e. The first-order chi connectivity index (χ1) is 11.7. The van der Waals surface area contributed by atoms with Crippen LogP contribution in [0, 0.1) is 0 Å². The van der Waals surface area contributed by atoms with E-state index in [0.717, 1.165) is 23.9 Å². The van der Waals surface area contributed by atoms with E-state index in [1.165, 1.54) is 12.8 Å². The van der Waals surface area contributed by atoms with Gasteiger partial charge in [0.2, 0.25) is 11.8 Å². The van der Waals surface area contributed by atoms with Crippen LogP contribution in [-0.2, 0) is 22.7 Å². The molecular weight excluding hydrogens is 304 g/mol. The molecule has 1 saturated carbocycles. The number of para-hydroxylation sites is 2. The number of fused-ring (bicyclic) bond motifs is 1. The summed E-state index contributed by atoms with van der Waals surface area (Å²) in [4.78, 5) is 28.5. The maximum Gasteiger partial charge on any atom is 0.240 e. The van der Waals surface area contributed by atoms with Crippen LogP contribution >= 0.6 is 0 Å². The van der Waals surface area contributed by atoms with Gasteiger partial charge in [-0.05, 0) is 25.0 Å². The van der Waals surface area contributed by atoms with E-state index in [4.69, 9.17) is 0 Å². The number of imidazole rings is 1. The molecule has 0 aliphatic heterocycles. The maximum absolute atomic E-state index is 12.4. The number of nitrogens with one attached hydrogen (secondary N) is 2. The van der Waals surface area contributed by atoms with Gasteiger partial charge in [-0.15, -0.1) is 0 Å². The lowest BCUT2D eigenvalue weighted by atomic mass is 10.2. The zero-order valence-electron chi connectivity index (χ0n) is 14.0. The van der Waals surface area contributed by atoms with Crippen molar-refractivity contribution in [2.75, 3.05) is 0 Å². The molecule has 0 radical (unpaired) electrons. The van der Waals surface area contributed by atoms with E-state index in [1.807, 2.05) is 35.8 Å². The average molecular weight is 328 g/mol. The third kappa shape index (κ3) is 3.75. The summed E-state index contributed by atoms with van der Waals surface area (Å²) in [5, 5.41) is 5.95. The van der Waals surface area contributed by atoms with Crippen molar-refractivity contribution in [1.82, 2.24) is 20.2 Å². The molecule has 2 N–H and O–H groups in total. The lowest BCUT2D eigenvalue weighted by Gasteiger charge is -2.14. The van der Waals surface area contributed by atoms with E-state index in [0.29, 0.717) is 24.8 Å². The van der Waals surface area contributed by atoms with Crippen LogP contribution in [0.2, 0.25) is 0 Å². The first-order valence-electron chi connectivity index (χ1n) is 8.67. The molecule has 2 amide bonds. The minimum absolute atomic E-state index is 0.00752. The molecule has 1 heterocycles. The molecule has 0 saturated heterocycles. The Balaban J connectivity index is 1.78. The highest BCUT2D eigenvalue weighted by atomic mass is 16.2. The zero-order chi connectivity index (χ0) is 16.9. The summed E-state index contributed by atoms with van der Waals surface area (Å²) in [5.41, 5.74) is 1.76. The Kier molecular flexibility index (Phi) is 5.13. The van der Waals surface area contributed by atoms with Gasteiger partial charge in [0.25, 0.3) is 0 Å². The van der Waals surface area contributed by atoms with Gasteiger partial charge < -0.3 is 15.2 Å². The van der Waals surface area contributed by atoms with Crippen molar-refractivity contribution < 1.29 is 9.59 Å². The van der Waals surface area contributed by atoms with E-state index in [-0.39, 0.29) is 18.4 Å². The lowest BCUT2D eigenvalue weighted by Crippen LogP contribution is -2.35. The predicted octanol–water partition coefficient (Wildman–Crippen LogP) is 2.12. The predicted molar refractivity (Wildman–Crippen MR) is 92.3 cm³/mol. The van der Waals surface area contributed by atoms with Crippen LogP contribution in [0.25, 0.3) is 11.0 Å². The normalized spacial score (nSPS) is 14.9. The SMILES string of the molecule is CCC(=O)NCc1nc2ccccc2n1CC(=O)NC1CCCC1. The molecule has 1 aromatic heterocycles. The highest BCUT2D eigenvalue weighted by Gasteiger charge is 2.19. The number of carbonyl (C=O) groups is 2. The van der Waals surface area contributed by atoms with Crippen molar-refractivity contribution in [3.05, 3.63) is 30.1 Å². The maximum atomic E-state index is 12.4. The van der Waals surface area contributed by atoms with Crippen molar-refractivity contribution in [1.29, 1.82) is 0 Å². The highest BCUT2D eigenvalue weighted by Crippen LogP contribution is 2.19. The molecule has 1 aromatic carbocycles. The molecule has 1 fully saturated rings. The van der Waals surface area contributed by atoms with Crippen molar-refractivity contribution in [2.45, 2.75) is 58.2 Å².